The maximum atomic E-state index is 5.84. The van der Waals surface area contributed by atoms with Gasteiger partial charge in [-0.1, -0.05) is 39.0 Å². The van der Waals surface area contributed by atoms with Gasteiger partial charge < -0.3 is 10.5 Å². The molecule has 0 aliphatic rings. The lowest BCUT2D eigenvalue weighted by Gasteiger charge is -2.11. The fourth-order valence-electron chi connectivity index (χ4n) is 1.78. The Kier molecular flexibility index (Phi) is 4.00. The van der Waals surface area contributed by atoms with E-state index >= 15 is 0 Å². The molecule has 0 radical (unpaired) electrons. The number of nitrogen functional groups attached to an aromatic ring is 1. The van der Waals surface area contributed by atoms with Crippen molar-refractivity contribution in [2.75, 3.05) is 5.73 Å². The highest BCUT2D eigenvalue weighted by molar-refractivity contribution is 5.39. The van der Waals surface area contributed by atoms with Crippen LogP contribution in [0, 0.1) is 0 Å². The van der Waals surface area contributed by atoms with Crippen LogP contribution < -0.4 is 10.5 Å². The van der Waals surface area contributed by atoms with Crippen molar-refractivity contribution in [1.29, 1.82) is 0 Å². The maximum absolute atomic E-state index is 5.84. The molecule has 0 unspecified atom stereocenters. The molecule has 2 N–H and O–H groups in total. The van der Waals surface area contributed by atoms with Crippen molar-refractivity contribution in [2.45, 2.75) is 33.1 Å². The van der Waals surface area contributed by atoms with Crippen LogP contribution in [-0.4, -0.2) is 9.97 Å². The minimum Gasteiger partial charge on any atom is -0.439 e. The Morgan fingerprint density at radius 3 is 2.63 bits per heavy atom. The van der Waals surface area contributed by atoms with Gasteiger partial charge in [0.25, 0.3) is 0 Å². The van der Waals surface area contributed by atoms with Crippen LogP contribution in [0.3, 0.4) is 0 Å². The predicted octanol–water partition coefficient (Wildman–Crippen LogP) is 3.54. The molecular formula is C15H19N3O. The SMILES string of the molecule is CCc1ccccc1Oc1cc(N)nc(C(C)C)n1. The van der Waals surface area contributed by atoms with E-state index in [-0.39, 0.29) is 5.92 Å². The first-order valence-corrected chi connectivity index (χ1v) is 6.50. The van der Waals surface area contributed by atoms with Crippen molar-refractivity contribution in [3.63, 3.8) is 0 Å². The number of ether oxygens (including phenoxy) is 1. The van der Waals surface area contributed by atoms with E-state index in [9.17, 15) is 0 Å². The number of para-hydroxylation sites is 1. The minimum absolute atomic E-state index is 0.215. The van der Waals surface area contributed by atoms with Gasteiger partial charge in [-0.15, -0.1) is 0 Å². The van der Waals surface area contributed by atoms with Gasteiger partial charge in [-0.05, 0) is 18.1 Å². The standard InChI is InChI=1S/C15H19N3O/c1-4-11-7-5-6-8-12(11)19-14-9-13(16)17-15(18-14)10(2)3/h5-10H,4H2,1-3H3,(H2,16,17,18). The lowest BCUT2D eigenvalue weighted by Crippen LogP contribution is -2.03. The van der Waals surface area contributed by atoms with Crippen molar-refractivity contribution in [1.82, 2.24) is 9.97 Å². The largest absolute Gasteiger partial charge is 0.439 e. The van der Waals surface area contributed by atoms with Crippen LogP contribution in [0.25, 0.3) is 0 Å². The van der Waals surface area contributed by atoms with Crippen LogP contribution in [0.5, 0.6) is 11.6 Å². The number of hydrogen-bond donors (Lipinski definition) is 1. The summed E-state index contributed by atoms with van der Waals surface area (Å²) in [6.07, 6.45) is 0.910. The molecule has 0 atom stereocenters. The Morgan fingerprint density at radius 2 is 1.95 bits per heavy atom. The summed E-state index contributed by atoms with van der Waals surface area (Å²) in [5, 5.41) is 0. The van der Waals surface area contributed by atoms with Gasteiger partial charge in [0.15, 0.2) is 0 Å². The normalized spacial score (nSPS) is 10.7. The highest BCUT2D eigenvalue weighted by Crippen LogP contribution is 2.26. The van der Waals surface area contributed by atoms with E-state index in [1.807, 2.05) is 38.1 Å². The molecule has 4 heteroatoms. The molecule has 0 aliphatic heterocycles. The molecular weight excluding hydrogens is 238 g/mol. The van der Waals surface area contributed by atoms with E-state index in [4.69, 9.17) is 10.5 Å². The molecule has 0 aliphatic carbocycles. The molecule has 0 fully saturated rings. The zero-order valence-corrected chi connectivity index (χ0v) is 11.6. The number of hydrogen-bond acceptors (Lipinski definition) is 4. The van der Waals surface area contributed by atoms with E-state index in [1.165, 1.54) is 0 Å². The van der Waals surface area contributed by atoms with Gasteiger partial charge in [-0.25, -0.2) is 4.98 Å². The summed E-state index contributed by atoms with van der Waals surface area (Å²) in [6.45, 7) is 6.15. The van der Waals surface area contributed by atoms with Crippen LogP contribution >= 0.6 is 0 Å². The van der Waals surface area contributed by atoms with E-state index in [1.54, 1.807) is 6.07 Å². The molecule has 1 aromatic heterocycles. The monoisotopic (exact) mass is 257 g/mol. The fraction of sp³-hybridized carbons (Fsp3) is 0.333. The van der Waals surface area contributed by atoms with E-state index < -0.39 is 0 Å². The molecule has 0 saturated heterocycles. The zero-order valence-electron chi connectivity index (χ0n) is 11.6. The molecule has 4 nitrogen and oxygen atoms in total. The maximum Gasteiger partial charge on any atom is 0.224 e. The first kappa shape index (κ1) is 13.3. The number of anilines is 1. The number of rotatable bonds is 4. The van der Waals surface area contributed by atoms with E-state index in [2.05, 4.69) is 16.9 Å². The van der Waals surface area contributed by atoms with Gasteiger partial charge >= 0.3 is 0 Å². The first-order chi connectivity index (χ1) is 9.10. The highest BCUT2D eigenvalue weighted by Gasteiger charge is 2.09. The molecule has 2 aromatic rings. The number of nitrogens with zero attached hydrogens (tertiary/aromatic N) is 2. The molecule has 0 spiro atoms. The van der Waals surface area contributed by atoms with Crippen molar-refractivity contribution >= 4 is 5.82 Å². The Labute approximate surface area is 113 Å². The van der Waals surface area contributed by atoms with Gasteiger partial charge in [0.05, 0.1) is 0 Å². The first-order valence-electron chi connectivity index (χ1n) is 6.50. The van der Waals surface area contributed by atoms with Crippen LogP contribution in [0.4, 0.5) is 5.82 Å². The third-order valence-corrected chi connectivity index (χ3v) is 2.82. The molecule has 19 heavy (non-hydrogen) atoms. The molecule has 0 bridgehead atoms. The Balaban J connectivity index is 2.32. The summed E-state index contributed by atoms with van der Waals surface area (Å²) in [5.74, 6) is 2.66. The molecule has 0 saturated carbocycles. The lowest BCUT2D eigenvalue weighted by atomic mass is 10.1. The quantitative estimate of drug-likeness (QED) is 0.910. The molecule has 0 amide bonds. The van der Waals surface area contributed by atoms with Gasteiger partial charge in [-0.3, -0.25) is 0 Å². The Morgan fingerprint density at radius 1 is 1.21 bits per heavy atom. The van der Waals surface area contributed by atoms with Crippen LogP contribution in [0.15, 0.2) is 30.3 Å². The van der Waals surface area contributed by atoms with Gasteiger partial charge in [0.2, 0.25) is 5.88 Å². The van der Waals surface area contributed by atoms with E-state index in [0.29, 0.717) is 17.5 Å². The lowest BCUT2D eigenvalue weighted by molar-refractivity contribution is 0.452. The summed E-state index contributed by atoms with van der Waals surface area (Å²) in [5.41, 5.74) is 6.93. The minimum atomic E-state index is 0.215. The predicted molar refractivity (Wildman–Crippen MR) is 76.4 cm³/mol. The zero-order chi connectivity index (χ0) is 13.8. The highest BCUT2D eigenvalue weighted by atomic mass is 16.5. The van der Waals surface area contributed by atoms with Crippen molar-refractivity contribution in [3.05, 3.63) is 41.7 Å². The average molecular weight is 257 g/mol. The molecule has 1 heterocycles. The Hall–Kier alpha value is -2.10. The number of nitrogens with two attached hydrogens (primary N) is 1. The molecule has 1 aromatic carbocycles. The van der Waals surface area contributed by atoms with Crippen LogP contribution in [-0.2, 0) is 6.42 Å². The molecule has 100 valence electrons. The number of benzene rings is 1. The second kappa shape index (κ2) is 5.69. The van der Waals surface area contributed by atoms with Crippen molar-refractivity contribution < 1.29 is 4.74 Å². The third-order valence-electron chi connectivity index (χ3n) is 2.82. The van der Waals surface area contributed by atoms with Crippen molar-refractivity contribution in [3.8, 4) is 11.6 Å². The van der Waals surface area contributed by atoms with Crippen molar-refractivity contribution in [2.24, 2.45) is 0 Å². The third kappa shape index (κ3) is 3.22. The molecule has 2 rings (SSSR count). The second-order valence-electron chi connectivity index (χ2n) is 4.71. The van der Waals surface area contributed by atoms with Crippen LogP contribution in [0.2, 0.25) is 0 Å². The van der Waals surface area contributed by atoms with Gasteiger partial charge in [0.1, 0.15) is 17.4 Å². The average Bonchev–Trinajstić information content (AvgIpc) is 2.38. The smallest absolute Gasteiger partial charge is 0.224 e. The summed E-state index contributed by atoms with van der Waals surface area (Å²) >= 11 is 0. The number of aryl methyl sites for hydroxylation is 1. The number of aromatic nitrogens is 2. The summed E-state index contributed by atoms with van der Waals surface area (Å²) in [4.78, 5) is 8.59. The second-order valence-corrected chi connectivity index (χ2v) is 4.71. The summed E-state index contributed by atoms with van der Waals surface area (Å²) in [6, 6.07) is 9.58. The van der Waals surface area contributed by atoms with Gasteiger partial charge in [0, 0.05) is 12.0 Å². The van der Waals surface area contributed by atoms with E-state index in [0.717, 1.165) is 17.7 Å². The van der Waals surface area contributed by atoms with Crippen LogP contribution in [0.1, 0.15) is 38.1 Å². The Bertz CT molecular complexity index is 567. The topological polar surface area (TPSA) is 61.0 Å². The summed E-state index contributed by atoms with van der Waals surface area (Å²) in [7, 11) is 0. The van der Waals surface area contributed by atoms with Gasteiger partial charge in [-0.2, -0.15) is 4.98 Å². The fourth-order valence-corrected chi connectivity index (χ4v) is 1.78. The summed E-state index contributed by atoms with van der Waals surface area (Å²) < 4.78 is 5.84.